The Morgan fingerprint density at radius 2 is 2.02 bits per heavy atom. The van der Waals surface area contributed by atoms with Gasteiger partial charge in [0, 0.05) is 42.4 Å². The van der Waals surface area contributed by atoms with Crippen LogP contribution in [0.4, 0.5) is 0 Å². The van der Waals surface area contributed by atoms with Crippen LogP contribution in [0.5, 0.6) is 11.5 Å². The summed E-state index contributed by atoms with van der Waals surface area (Å²) in [5, 5.41) is 13.7. The number of rotatable bonds is 6. The zero-order valence-electron chi connectivity index (χ0n) is 24.9. The largest absolute Gasteiger partial charge is 0.493 e. The van der Waals surface area contributed by atoms with Crippen LogP contribution in [0.3, 0.4) is 0 Å². The topological polar surface area (TPSA) is 122 Å². The number of sulfonamides is 1. The summed E-state index contributed by atoms with van der Waals surface area (Å²) >= 11 is 0. The number of carbonyl (C=O) groups excluding carboxylic acids is 1. The molecule has 10 nitrogen and oxygen atoms in total. The number of fused-ring (bicyclic) bond motifs is 1. The van der Waals surface area contributed by atoms with Crippen molar-refractivity contribution < 1.29 is 32.2 Å². The van der Waals surface area contributed by atoms with E-state index in [2.05, 4.69) is 4.98 Å². The van der Waals surface area contributed by atoms with E-state index in [1.807, 2.05) is 24.3 Å². The third kappa shape index (κ3) is 3.77. The first-order chi connectivity index (χ1) is 21.7. The molecule has 1 spiro atoms. The number of ether oxygens (including phenoxy) is 2. The summed E-state index contributed by atoms with van der Waals surface area (Å²) in [6.07, 6.45) is 8.67. The third-order valence-electron chi connectivity index (χ3n) is 10.6. The molecule has 2 bridgehead atoms. The standard InChI is InChI=1S/C34H33N3O7S/c1-36(28(38)11-8-21-13-18-43-20-21)24-12-14-34(39)27-19-23-9-10-25(42-2)31-29(23)33(34,32(24)44-31)15-17-37(27)45(40,41)26-7-3-5-22-6-4-16-35-30(22)26/h3-11,13,16,18,20,24,27,32,39H,12,14-15,17,19H2,1-2H3/b11-8-/t24-,27-,32+,33+,34-/m1/s1. The number of aromatic nitrogens is 1. The molecule has 1 saturated carbocycles. The van der Waals surface area contributed by atoms with Crippen molar-refractivity contribution in [2.24, 2.45) is 0 Å². The van der Waals surface area contributed by atoms with E-state index in [9.17, 15) is 18.3 Å². The molecule has 2 aliphatic carbocycles. The second-order valence-electron chi connectivity index (χ2n) is 12.4. The molecule has 4 aliphatic rings. The van der Waals surface area contributed by atoms with Gasteiger partial charge in [-0.2, -0.15) is 4.31 Å². The second-order valence-corrected chi connectivity index (χ2v) is 14.3. The van der Waals surface area contributed by atoms with Gasteiger partial charge in [0.25, 0.3) is 0 Å². The van der Waals surface area contributed by atoms with Gasteiger partial charge in [-0.1, -0.05) is 24.3 Å². The number of pyridine rings is 1. The van der Waals surface area contributed by atoms with Crippen molar-refractivity contribution in [1.29, 1.82) is 0 Å². The van der Waals surface area contributed by atoms with Crippen LogP contribution in [-0.2, 0) is 26.7 Å². The number of amides is 1. The lowest BCUT2D eigenvalue weighted by atomic mass is 9.48. The predicted octanol–water partition coefficient (Wildman–Crippen LogP) is 3.92. The molecule has 0 radical (unpaired) electrons. The second kappa shape index (κ2) is 9.90. The van der Waals surface area contributed by atoms with Crippen molar-refractivity contribution in [3.8, 4) is 11.5 Å². The Bertz CT molecular complexity index is 1970. The molecule has 2 aromatic carbocycles. The van der Waals surface area contributed by atoms with Crippen LogP contribution in [-0.4, -0.2) is 78.1 Å². The number of piperidine rings is 1. The summed E-state index contributed by atoms with van der Waals surface area (Å²) in [6, 6.07) is 13.2. The van der Waals surface area contributed by atoms with E-state index in [1.54, 1.807) is 68.1 Å². The van der Waals surface area contributed by atoms with Crippen LogP contribution in [0.15, 0.2) is 82.6 Å². The van der Waals surface area contributed by atoms with Gasteiger partial charge >= 0.3 is 0 Å². The Hall–Kier alpha value is -4.19. The SMILES string of the molecule is COc1ccc2c3c1O[C@H]1[C@H](N(C)C(=O)/C=C\c4ccoc4)CC[C@@]4(O)[C@@H](C2)N(S(=O)(=O)c2cccc5cccnc25)CC[C@]314. The first-order valence-electron chi connectivity index (χ1n) is 15.1. The smallest absolute Gasteiger partial charge is 0.246 e. The van der Waals surface area contributed by atoms with E-state index < -0.39 is 33.2 Å². The van der Waals surface area contributed by atoms with E-state index in [4.69, 9.17) is 13.9 Å². The Labute approximate surface area is 260 Å². The van der Waals surface area contributed by atoms with Crippen molar-refractivity contribution in [2.75, 3.05) is 20.7 Å². The number of benzene rings is 2. The van der Waals surface area contributed by atoms with E-state index in [0.29, 0.717) is 42.7 Å². The Morgan fingerprint density at radius 1 is 1.18 bits per heavy atom. The molecular formula is C34H33N3O7S. The maximum atomic E-state index is 14.5. The number of aliphatic hydroxyl groups is 1. The van der Waals surface area contributed by atoms with Crippen molar-refractivity contribution >= 4 is 32.9 Å². The third-order valence-corrected chi connectivity index (χ3v) is 12.5. The summed E-state index contributed by atoms with van der Waals surface area (Å²) in [4.78, 5) is 19.7. The van der Waals surface area contributed by atoms with E-state index in [-0.39, 0.29) is 23.4 Å². The van der Waals surface area contributed by atoms with Crippen LogP contribution >= 0.6 is 0 Å². The van der Waals surface area contributed by atoms with Crippen molar-refractivity contribution in [1.82, 2.24) is 14.2 Å². The van der Waals surface area contributed by atoms with Crippen LogP contribution < -0.4 is 9.47 Å². The van der Waals surface area contributed by atoms with Gasteiger partial charge in [0.1, 0.15) is 11.0 Å². The molecule has 45 heavy (non-hydrogen) atoms. The number of methoxy groups -OCH3 is 1. The van der Waals surface area contributed by atoms with E-state index in [0.717, 1.165) is 22.1 Å². The molecule has 8 rings (SSSR count). The zero-order valence-corrected chi connectivity index (χ0v) is 25.7. The van der Waals surface area contributed by atoms with Crippen LogP contribution in [0, 0.1) is 0 Å². The minimum absolute atomic E-state index is 0.129. The highest BCUT2D eigenvalue weighted by Crippen LogP contribution is 2.66. The highest BCUT2D eigenvalue weighted by molar-refractivity contribution is 7.89. The quantitative estimate of drug-likeness (QED) is 0.320. The number of furan rings is 1. The molecule has 0 unspecified atom stereocenters. The number of hydrogen-bond donors (Lipinski definition) is 1. The van der Waals surface area contributed by atoms with Gasteiger partial charge in [-0.3, -0.25) is 9.78 Å². The average molecular weight is 628 g/mol. The lowest BCUT2D eigenvalue weighted by molar-refractivity contribution is -0.186. The highest BCUT2D eigenvalue weighted by Gasteiger charge is 2.74. The number of hydrogen-bond acceptors (Lipinski definition) is 8. The molecule has 11 heteroatoms. The fraction of sp³-hybridized carbons (Fsp3) is 0.353. The van der Waals surface area contributed by atoms with Gasteiger partial charge in [0.05, 0.1) is 48.3 Å². The van der Waals surface area contributed by atoms with Gasteiger partial charge in [-0.05, 0) is 61.6 Å². The normalized spacial score (nSPS) is 28.6. The number of carbonyl (C=O) groups is 1. The van der Waals surface area contributed by atoms with Crippen molar-refractivity contribution in [3.63, 3.8) is 0 Å². The predicted molar refractivity (Wildman–Crippen MR) is 165 cm³/mol. The molecule has 1 N–H and O–H groups in total. The molecule has 2 fully saturated rings. The number of likely N-dealkylation sites (N-methyl/N-ethyl adjacent to an activating group) is 1. The Kier molecular flexibility index (Phi) is 6.23. The lowest BCUT2D eigenvalue weighted by Crippen LogP contribution is -2.78. The van der Waals surface area contributed by atoms with Crippen molar-refractivity contribution in [3.05, 3.63) is 90.0 Å². The van der Waals surface area contributed by atoms with Crippen LogP contribution in [0.1, 0.15) is 36.0 Å². The van der Waals surface area contributed by atoms with Crippen LogP contribution in [0.2, 0.25) is 0 Å². The van der Waals surface area contributed by atoms with Gasteiger partial charge < -0.3 is 23.9 Å². The summed E-state index contributed by atoms with van der Waals surface area (Å²) < 4.78 is 48.1. The van der Waals surface area contributed by atoms with E-state index in [1.165, 1.54) is 10.4 Å². The summed E-state index contributed by atoms with van der Waals surface area (Å²) in [5.41, 5.74) is 0.604. The summed E-state index contributed by atoms with van der Waals surface area (Å²) in [7, 11) is -0.716. The zero-order chi connectivity index (χ0) is 31.1. The monoisotopic (exact) mass is 627 g/mol. The fourth-order valence-electron chi connectivity index (χ4n) is 8.54. The molecule has 2 aliphatic heterocycles. The molecule has 1 saturated heterocycles. The average Bonchev–Trinajstić information content (AvgIpc) is 3.69. The van der Waals surface area contributed by atoms with E-state index >= 15 is 0 Å². The lowest BCUT2D eigenvalue weighted by Gasteiger charge is -2.64. The van der Waals surface area contributed by atoms with Gasteiger partial charge in [-0.15, -0.1) is 0 Å². The van der Waals surface area contributed by atoms with Gasteiger partial charge in [0.15, 0.2) is 11.5 Å². The first kappa shape index (κ1) is 28.3. The summed E-state index contributed by atoms with van der Waals surface area (Å²) in [5.74, 6) is 0.932. The molecule has 1 amide bonds. The Balaban J connectivity index is 1.23. The molecular weight excluding hydrogens is 594 g/mol. The van der Waals surface area contributed by atoms with Crippen LogP contribution in [0.25, 0.3) is 17.0 Å². The maximum absolute atomic E-state index is 14.5. The molecule has 232 valence electrons. The fourth-order valence-corrected chi connectivity index (χ4v) is 10.4. The minimum atomic E-state index is -4.06. The maximum Gasteiger partial charge on any atom is 0.246 e. The molecule has 4 heterocycles. The van der Waals surface area contributed by atoms with Gasteiger partial charge in [0.2, 0.25) is 15.9 Å². The summed E-state index contributed by atoms with van der Waals surface area (Å²) in [6.45, 7) is 0.180. The highest BCUT2D eigenvalue weighted by atomic mass is 32.2. The minimum Gasteiger partial charge on any atom is -0.493 e. The first-order valence-corrected chi connectivity index (χ1v) is 16.6. The molecule has 4 aromatic rings. The molecule has 5 atom stereocenters. The molecule has 2 aromatic heterocycles. The number of para-hydroxylation sites is 1. The van der Waals surface area contributed by atoms with Crippen molar-refractivity contribution in [2.45, 2.75) is 59.8 Å². The number of nitrogens with zero attached hydrogens (tertiary/aromatic N) is 3. The van der Waals surface area contributed by atoms with Gasteiger partial charge in [-0.25, -0.2) is 8.42 Å². The Morgan fingerprint density at radius 3 is 2.82 bits per heavy atom.